The van der Waals surface area contributed by atoms with Gasteiger partial charge in [0, 0.05) is 38.0 Å². The summed E-state index contributed by atoms with van der Waals surface area (Å²) in [6, 6.07) is 9.91. The highest BCUT2D eigenvalue weighted by molar-refractivity contribution is 5.78. The maximum atomic E-state index is 12.1. The van der Waals surface area contributed by atoms with Gasteiger partial charge in [-0.25, -0.2) is 4.98 Å². The summed E-state index contributed by atoms with van der Waals surface area (Å²) in [4.78, 5) is 29.0. The minimum Gasteiger partial charge on any atom is -0.372 e. The predicted molar refractivity (Wildman–Crippen MR) is 105 cm³/mol. The third kappa shape index (κ3) is 5.26. The van der Waals surface area contributed by atoms with Crippen molar-refractivity contribution in [1.29, 1.82) is 0 Å². The maximum absolute atomic E-state index is 12.1. The molecule has 2 unspecified atom stereocenters. The number of benzene rings is 1. The number of anilines is 1. The lowest BCUT2D eigenvalue weighted by Gasteiger charge is -2.36. The molecule has 8 nitrogen and oxygen atoms in total. The van der Waals surface area contributed by atoms with Gasteiger partial charge in [-0.3, -0.25) is 14.9 Å². The van der Waals surface area contributed by atoms with Gasteiger partial charge >= 0.3 is 0 Å². The molecule has 0 spiro atoms. The zero-order valence-corrected chi connectivity index (χ0v) is 16.0. The van der Waals surface area contributed by atoms with Crippen LogP contribution in [-0.2, 0) is 22.5 Å². The molecule has 28 heavy (non-hydrogen) atoms. The zero-order valence-electron chi connectivity index (χ0n) is 16.0. The smallest absolute Gasteiger partial charge is 0.269 e. The second kappa shape index (κ2) is 8.79. The van der Waals surface area contributed by atoms with E-state index in [1.807, 2.05) is 12.1 Å². The van der Waals surface area contributed by atoms with Crippen LogP contribution < -0.4 is 10.2 Å². The van der Waals surface area contributed by atoms with Crippen LogP contribution in [0.2, 0.25) is 0 Å². The van der Waals surface area contributed by atoms with Crippen molar-refractivity contribution in [2.24, 2.45) is 0 Å². The minimum atomic E-state index is -0.460. The number of nitrogens with one attached hydrogen (secondary N) is 1. The number of aromatic nitrogens is 1. The fourth-order valence-electron chi connectivity index (χ4n) is 3.26. The first kappa shape index (κ1) is 19.8. The molecule has 1 aliphatic heterocycles. The van der Waals surface area contributed by atoms with Gasteiger partial charge in [0.15, 0.2) is 0 Å². The van der Waals surface area contributed by atoms with Crippen molar-refractivity contribution in [3.05, 3.63) is 63.8 Å². The third-order valence-electron chi connectivity index (χ3n) is 4.55. The summed E-state index contributed by atoms with van der Waals surface area (Å²) < 4.78 is 5.74. The normalized spacial score (nSPS) is 19.3. The van der Waals surface area contributed by atoms with Crippen LogP contribution in [0.15, 0.2) is 42.6 Å². The second-order valence-electron chi connectivity index (χ2n) is 7.06. The SMILES string of the molecule is CC1CN(c2ccc(CNC(=O)Cc3ccc([N+](=O)[O-])cc3)cn2)CC(C)O1. The standard InChI is InChI=1S/C20H24N4O4/c1-14-12-23(13-15(2)28-14)19-8-5-17(10-21-19)11-22-20(25)9-16-3-6-18(7-4-16)24(26)27/h3-8,10,14-15H,9,11-13H2,1-2H3,(H,22,25). The summed E-state index contributed by atoms with van der Waals surface area (Å²) in [5.74, 6) is 0.761. The fraction of sp³-hybridized carbons (Fsp3) is 0.400. The third-order valence-corrected chi connectivity index (χ3v) is 4.55. The molecule has 148 valence electrons. The van der Waals surface area contributed by atoms with E-state index in [2.05, 4.69) is 29.0 Å². The second-order valence-corrected chi connectivity index (χ2v) is 7.06. The molecule has 1 aliphatic rings. The van der Waals surface area contributed by atoms with Gasteiger partial charge in [-0.1, -0.05) is 18.2 Å². The Hall–Kier alpha value is -3.00. The molecule has 2 aromatic rings. The van der Waals surface area contributed by atoms with Crippen LogP contribution in [0.5, 0.6) is 0 Å². The van der Waals surface area contributed by atoms with Gasteiger partial charge in [0.05, 0.1) is 23.6 Å². The summed E-state index contributed by atoms with van der Waals surface area (Å²) in [6.07, 6.45) is 2.28. The monoisotopic (exact) mass is 384 g/mol. The van der Waals surface area contributed by atoms with E-state index >= 15 is 0 Å². The Kier molecular flexibility index (Phi) is 6.20. The van der Waals surface area contributed by atoms with Crippen molar-refractivity contribution >= 4 is 17.4 Å². The van der Waals surface area contributed by atoms with Gasteiger partial charge in [-0.05, 0) is 31.0 Å². The zero-order chi connectivity index (χ0) is 20.1. The molecule has 2 heterocycles. The summed E-state index contributed by atoms with van der Waals surface area (Å²) in [7, 11) is 0. The average Bonchev–Trinajstić information content (AvgIpc) is 2.66. The van der Waals surface area contributed by atoms with E-state index in [9.17, 15) is 14.9 Å². The lowest BCUT2D eigenvalue weighted by Crippen LogP contribution is -2.45. The highest BCUT2D eigenvalue weighted by Gasteiger charge is 2.22. The summed E-state index contributed by atoms with van der Waals surface area (Å²) in [6.45, 7) is 6.11. The molecule has 1 fully saturated rings. The van der Waals surface area contributed by atoms with Gasteiger partial charge in [0.2, 0.25) is 5.91 Å². The number of hydrogen-bond donors (Lipinski definition) is 1. The van der Waals surface area contributed by atoms with E-state index in [0.29, 0.717) is 6.54 Å². The van der Waals surface area contributed by atoms with Crippen LogP contribution in [0.4, 0.5) is 11.5 Å². The molecule has 1 amide bonds. The molecule has 0 bridgehead atoms. The Bertz CT molecular complexity index is 813. The van der Waals surface area contributed by atoms with E-state index in [-0.39, 0.29) is 30.2 Å². The number of carbonyl (C=O) groups is 1. The van der Waals surface area contributed by atoms with E-state index in [4.69, 9.17) is 4.74 Å². The molecule has 0 radical (unpaired) electrons. The predicted octanol–water partition coefficient (Wildman–Crippen LogP) is 2.46. The van der Waals surface area contributed by atoms with Crippen LogP contribution >= 0.6 is 0 Å². The molecule has 0 aliphatic carbocycles. The Labute approximate surface area is 163 Å². The van der Waals surface area contributed by atoms with Crippen LogP contribution in [0.25, 0.3) is 0 Å². The maximum Gasteiger partial charge on any atom is 0.269 e. The topological polar surface area (TPSA) is 97.6 Å². The Balaban J connectivity index is 1.50. The molecule has 1 saturated heterocycles. The molecule has 8 heteroatoms. The van der Waals surface area contributed by atoms with Crippen LogP contribution in [0.3, 0.4) is 0 Å². The van der Waals surface area contributed by atoms with E-state index in [0.717, 1.165) is 30.0 Å². The summed E-state index contributed by atoms with van der Waals surface area (Å²) in [5, 5.41) is 13.5. The van der Waals surface area contributed by atoms with Crippen molar-refractivity contribution in [2.75, 3.05) is 18.0 Å². The fourth-order valence-corrected chi connectivity index (χ4v) is 3.26. The van der Waals surface area contributed by atoms with Gasteiger partial charge in [0.25, 0.3) is 5.69 Å². The first-order valence-electron chi connectivity index (χ1n) is 9.26. The largest absolute Gasteiger partial charge is 0.372 e. The van der Waals surface area contributed by atoms with Gasteiger partial charge < -0.3 is 15.0 Å². The van der Waals surface area contributed by atoms with Crippen molar-refractivity contribution in [2.45, 2.75) is 39.0 Å². The number of hydrogen-bond acceptors (Lipinski definition) is 6. The summed E-state index contributed by atoms with van der Waals surface area (Å²) in [5.41, 5.74) is 1.65. The van der Waals surface area contributed by atoms with E-state index < -0.39 is 4.92 Å². The van der Waals surface area contributed by atoms with Crippen molar-refractivity contribution in [1.82, 2.24) is 10.3 Å². The van der Waals surface area contributed by atoms with E-state index in [1.54, 1.807) is 18.3 Å². The number of amides is 1. The number of carbonyl (C=O) groups excluding carboxylic acids is 1. The first-order valence-corrected chi connectivity index (χ1v) is 9.26. The number of morpholine rings is 1. The average molecular weight is 384 g/mol. The van der Waals surface area contributed by atoms with Gasteiger partial charge in [-0.15, -0.1) is 0 Å². The van der Waals surface area contributed by atoms with Crippen molar-refractivity contribution < 1.29 is 14.5 Å². The minimum absolute atomic E-state index is 0.0133. The van der Waals surface area contributed by atoms with Crippen LogP contribution in [0.1, 0.15) is 25.0 Å². The highest BCUT2D eigenvalue weighted by Crippen LogP contribution is 2.18. The number of rotatable bonds is 6. The number of non-ortho nitro benzene ring substituents is 1. The Morgan fingerprint density at radius 1 is 1.18 bits per heavy atom. The van der Waals surface area contributed by atoms with Crippen molar-refractivity contribution in [3.63, 3.8) is 0 Å². The Morgan fingerprint density at radius 2 is 1.82 bits per heavy atom. The highest BCUT2D eigenvalue weighted by atomic mass is 16.6. The lowest BCUT2D eigenvalue weighted by atomic mass is 10.1. The molecule has 1 N–H and O–H groups in total. The molecule has 2 atom stereocenters. The number of ether oxygens (including phenoxy) is 1. The lowest BCUT2D eigenvalue weighted by molar-refractivity contribution is -0.384. The van der Waals surface area contributed by atoms with Crippen molar-refractivity contribution in [3.8, 4) is 0 Å². The molecule has 1 aromatic heterocycles. The van der Waals surface area contributed by atoms with Gasteiger partial charge in [-0.2, -0.15) is 0 Å². The number of nitrogens with zero attached hydrogens (tertiary/aromatic N) is 3. The molecule has 1 aromatic carbocycles. The Morgan fingerprint density at radius 3 is 2.39 bits per heavy atom. The molecular formula is C20H24N4O4. The molecule has 3 rings (SSSR count). The molecule has 0 saturated carbocycles. The molecular weight excluding hydrogens is 360 g/mol. The number of nitro groups is 1. The first-order chi connectivity index (χ1) is 13.4. The van der Waals surface area contributed by atoms with Crippen LogP contribution in [-0.4, -0.2) is 41.1 Å². The quantitative estimate of drug-likeness (QED) is 0.607. The number of nitro benzene ring substituents is 1. The van der Waals surface area contributed by atoms with Gasteiger partial charge in [0.1, 0.15) is 5.82 Å². The summed E-state index contributed by atoms with van der Waals surface area (Å²) >= 11 is 0. The van der Waals surface area contributed by atoms with Crippen LogP contribution in [0, 0.1) is 10.1 Å². The number of pyridine rings is 1. The van der Waals surface area contributed by atoms with E-state index in [1.165, 1.54) is 12.1 Å².